The number of aryl methyl sites for hydroxylation is 2. The van der Waals surface area contributed by atoms with E-state index in [2.05, 4.69) is 10.3 Å². The first-order valence-corrected chi connectivity index (χ1v) is 7.41. The Morgan fingerprint density at radius 2 is 2.53 bits per heavy atom. The summed E-state index contributed by atoms with van der Waals surface area (Å²) in [7, 11) is 0. The molecule has 1 unspecified atom stereocenters. The molecule has 1 aliphatic carbocycles. The molecule has 0 radical (unpaired) electrons. The molecule has 2 aromatic rings. The van der Waals surface area contributed by atoms with Gasteiger partial charge < -0.3 is 9.73 Å². The number of carbonyl (C=O) groups excluding carboxylic acids is 1. The second kappa shape index (κ2) is 5.17. The van der Waals surface area contributed by atoms with Crippen molar-refractivity contribution in [3.05, 3.63) is 39.7 Å². The first-order valence-electron chi connectivity index (χ1n) is 6.59. The summed E-state index contributed by atoms with van der Waals surface area (Å²) >= 11 is 1.47. The van der Waals surface area contributed by atoms with Crippen LogP contribution in [0.4, 0.5) is 0 Å². The number of nitrogens with zero attached hydrogens (tertiary/aromatic N) is 1. The highest BCUT2D eigenvalue weighted by Crippen LogP contribution is 2.30. The maximum atomic E-state index is 12.2. The van der Waals surface area contributed by atoms with E-state index in [1.54, 1.807) is 12.5 Å². The molecule has 0 spiro atoms. The van der Waals surface area contributed by atoms with Gasteiger partial charge in [0.05, 0.1) is 23.5 Å². The molecule has 0 aromatic carbocycles. The van der Waals surface area contributed by atoms with Gasteiger partial charge in [-0.2, -0.15) is 0 Å². The molecule has 1 atom stereocenters. The number of hydrogen-bond acceptors (Lipinski definition) is 4. The average molecular weight is 276 g/mol. The number of thiazole rings is 1. The summed E-state index contributed by atoms with van der Waals surface area (Å²) in [6.07, 6.45) is 7.23. The maximum absolute atomic E-state index is 12.2. The quantitative estimate of drug-likeness (QED) is 0.937. The molecule has 1 amide bonds. The summed E-state index contributed by atoms with van der Waals surface area (Å²) < 4.78 is 5.43. The van der Waals surface area contributed by atoms with Crippen LogP contribution in [0.5, 0.6) is 0 Å². The lowest BCUT2D eigenvalue weighted by Gasteiger charge is -2.22. The van der Waals surface area contributed by atoms with Crippen molar-refractivity contribution < 1.29 is 9.21 Å². The number of fused-ring (bicyclic) bond motifs is 1. The molecule has 100 valence electrons. The monoisotopic (exact) mass is 276 g/mol. The van der Waals surface area contributed by atoms with E-state index in [4.69, 9.17) is 4.42 Å². The van der Waals surface area contributed by atoms with Crippen LogP contribution in [0.25, 0.3) is 0 Å². The van der Waals surface area contributed by atoms with Crippen molar-refractivity contribution in [1.29, 1.82) is 0 Å². The van der Waals surface area contributed by atoms with Crippen molar-refractivity contribution in [3.8, 4) is 0 Å². The van der Waals surface area contributed by atoms with Gasteiger partial charge in [0.15, 0.2) is 0 Å². The largest absolute Gasteiger partial charge is 0.469 e. The van der Waals surface area contributed by atoms with Crippen LogP contribution in [-0.2, 0) is 12.8 Å². The summed E-state index contributed by atoms with van der Waals surface area (Å²) in [4.78, 5) is 17.1. The SMILES string of the molecule is CCc1ncc(C(=O)NC2CCCc3occc32)s1. The van der Waals surface area contributed by atoms with Crippen molar-refractivity contribution in [2.45, 2.75) is 38.6 Å². The molecule has 0 saturated carbocycles. The molecular formula is C14H16N2O2S. The van der Waals surface area contributed by atoms with E-state index in [0.717, 1.165) is 42.0 Å². The van der Waals surface area contributed by atoms with Crippen LogP contribution in [-0.4, -0.2) is 10.9 Å². The van der Waals surface area contributed by atoms with Crippen LogP contribution in [0.3, 0.4) is 0 Å². The Morgan fingerprint density at radius 3 is 3.32 bits per heavy atom. The Hall–Kier alpha value is -1.62. The van der Waals surface area contributed by atoms with Crippen molar-refractivity contribution in [3.63, 3.8) is 0 Å². The number of nitrogens with one attached hydrogen (secondary N) is 1. The fourth-order valence-corrected chi connectivity index (χ4v) is 3.21. The van der Waals surface area contributed by atoms with E-state index >= 15 is 0 Å². The van der Waals surface area contributed by atoms with Gasteiger partial charge in [0.25, 0.3) is 5.91 Å². The summed E-state index contributed by atoms with van der Waals surface area (Å²) in [5.41, 5.74) is 1.12. The number of aromatic nitrogens is 1. The van der Waals surface area contributed by atoms with Crippen molar-refractivity contribution in [1.82, 2.24) is 10.3 Å². The molecule has 5 heteroatoms. The van der Waals surface area contributed by atoms with Gasteiger partial charge >= 0.3 is 0 Å². The first kappa shape index (κ1) is 12.4. The van der Waals surface area contributed by atoms with Crippen molar-refractivity contribution in [2.24, 2.45) is 0 Å². The number of hydrogen-bond donors (Lipinski definition) is 1. The van der Waals surface area contributed by atoms with E-state index in [0.29, 0.717) is 4.88 Å². The van der Waals surface area contributed by atoms with Crippen LogP contribution in [0.1, 0.15) is 51.8 Å². The highest BCUT2D eigenvalue weighted by molar-refractivity contribution is 7.13. The normalized spacial score (nSPS) is 18.1. The van der Waals surface area contributed by atoms with Gasteiger partial charge in [-0.25, -0.2) is 4.98 Å². The van der Waals surface area contributed by atoms with Crippen LogP contribution in [0.15, 0.2) is 22.9 Å². The Bertz CT molecular complexity index is 588. The third-order valence-corrected chi connectivity index (χ3v) is 4.58. The molecule has 0 fully saturated rings. The highest BCUT2D eigenvalue weighted by atomic mass is 32.1. The van der Waals surface area contributed by atoms with Crippen LogP contribution in [0.2, 0.25) is 0 Å². The minimum absolute atomic E-state index is 0.0312. The number of amides is 1. The van der Waals surface area contributed by atoms with E-state index in [9.17, 15) is 4.79 Å². The van der Waals surface area contributed by atoms with Gasteiger partial charge in [-0.05, 0) is 25.3 Å². The molecule has 1 N–H and O–H groups in total. The molecule has 3 rings (SSSR count). The molecule has 2 aromatic heterocycles. The highest BCUT2D eigenvalue weighted by Gasteiger charge is 2.24. The third kappa shape index (κ3) is 2.42. The minimum Gasteiger partial charge on any atom is -0.469 e. The van der Waals surface area contributed by atoms with Gasteiger partial charge in [0.1, 0.15) is 10.6 Å². The van der Waals surface area contributed by atoms with Gasteiger partial charge in [0, 0.05) is 12.0 Å². The second-order valence-electron chi connectivity index (χ2n) is 4.69. The second-order valence-corrected chi connectivity index (χ2v) is 5.80. The maximum Gasteiger partial charge on any atom is 0.263 e. The lowest BCUT2D eigenvalue weighted by atomic mass is 9.93. The Balaban J connectivity index is 1.74. The summed E-state index contributed by atoms with van der Waals surface area (Å²) in [5, 5.41) is 4.08. The zero-order chi connectivity index (χ0) is 13.2. The van der Waals surface area contributed by atoms with Gasteiger partial charge in [-0.1, -0.05) is 6.92 Å². The fraction of sp³-hybridized carbons (Fsp3) is 0.429. The zero-order valence-corrected chi connectivity index (χ0v) is 11.6. The number of carbonyl (C=O) groups is 1. The molecule has 4 nitrogen and oxygen atoms in total. The van der Waals surface area contributed by atoms with Crippen molar-refractivity contribution in [2.75, 3.05) is 0 Å². The van der Waals surface area contributed by atoms with Crippen LogP contribution < -0.4 is 5.32 Å². The first-order chi connectivity index (χ1) is 9.28. The predicted octanol–water partition coefficient (Wildman–Crippen LogP) is 3.11. The smallest absolute Gasteiger partial charge is 0.263 e. The lowest BCUT2D eigenvalue weighted by Crippen LogP contribution is -2.29. The summed E-state index contributed by atoms with van der Waals surface area (Å²) in [6, 6.07) is 2.03. The Labute approximate surface area is 115 Å². The summed E-state index contributed by atoms with van der Waals surface area (Å²) in [5.74, 6) is 0.978. The zero-order valence-electron chi connectivity index (χ0n) is 10.8. The molecule has 0 saturated heterocycles. The molecule has 19 heavy (non-hydrogen) atoms. The number of rotatable bonds is 3. The van der Waals surface area contributed by atoms with E-state index < -0.39 is 0 Å². The van der Waals surface area contributed by atoms with E-state index in [1.807, 2.05) is 13.0 Å². The Kier molecular flexibility index (Phi) is 3.38. The molecular weight excluding hydrogens is 260 g/mol. The minimum atomic E-state index is -0.0312. The molecule has 1 aliphatic rings. The van der Waals surface area contributed by atoms with Gasteiger partial charge in [-0.3, -0.25) is 4.79 Å². The fourth-order valence-electron chi connectivity index (χ4n) is 2.44. The Morgan fingerprint density at radius 1 is 1.63 bits per heavy atom. The third-order valence-electron chi connectivity index (χ3n) is 3.44. The van der Waals surface area contributed by atoms with Crippen LogP contribution in [0, 0.1) is 0 Å². The van der Waals surface area contributed by atoms with Gasteiger partial charge in [-0.15, -0.1) is 11.3 Å². The average Bonchev–Trinajstić information content (AvgIpc) is 3.08. The standard InChI is InChI=1S/C14H16N2O2S/c1-2-13-15-8-12(19-13)14(17)16-10-4-3-5-11-9(10)6-7-18-11/h6-8,10H,2-5H2,1H3,(H,16,17). The predicted molar refractivity (Wildman–Crippen MR) is 73.3 cm³/mol. The topological polar surface area (TPSA) is 55.1 Å². The molecule has 2 heterocycles. The van der Waals surface area contributed by atoms with Crippen molar-refractivity contribution >= 4 is 17.2 Å². The van der Waals surface area contributed by atoms with E-state index in [1.165, 1.54) is 11.3 Å². The van der Waals surface area contributed by atoms with E-state index in [-0.39, 0.29) is 11.9 Å². The van der Waals surface area contributed by atoms with Gasteiger partial charge in [0.2, 0.25) is 0 Å². The lowest BCUT2D eigenvalue weighted by molar-refractivity contribution is 0.0936. The molecule has 0 bridgehead atoms. The summed E-state index contributed by atoms with van der Waals surface area (Å²) in [6.45, 7) is 2.04. The molecule has 0 aliphatic heterocycles. The number of furan rings is 1. The van der Waals surface area contributed by atoms with Crippen LogP contribution >= 0.6 is 11.3 Å².